The topological polar surface area (TPSA) is 127 Å². The number of pyridine rings is 1. The van der Waals surface area contributed by atoms with Crippen LogP contribution in [0.25, 0.3) is 34.3 Å². The molecule has 6 rings (SSSR count). The molecule has 0 radical (unpaired) electrons. The molecule has 2 aliphatic rings. The van der Waals surface area contributed by atoms with E-state index in [0.29, 0.717) is 29.2 Å². The minimum atomic E-state index is -0.640. The van der Waals surface area contributed by atoms with Gasteiger partial charge >= 0.3 is 5.76 Å². The number of anilines is 1. The predicted molar refractivity (Wildman–Crippen MR) is 150 cm³/mol. The maximum atomic E-state index is 11.7. The number of fused-ring (bicyclic) bond motifs is 1. The summed E-state index contributed by atoms with van der Waals surface area (Å²) in [6.45, 7) is 9.72. The molecule has 39 heavy (non-hydrogen) atoms. The van der Waals surface area contributed by atoms with Gasteiger partial charge < -0.3 is 9.88 Å². The van der Waals surface area contributed by atoms with Crippen molar-refractivity contribution in [3.63, 3.8) is 0 Å². The first-order chi connectivity index (χ1) is 18.9. The SMILES string of the molecule is CCC1CCC(Cn2c(-c3cc(C(C)C)ccn3)nc3nc(-c4noc(=O)[nH]4)nc(NC(C)C4CCC4)c32)C1. The van der Waals surface area contributed by atoms with Crippen molar-refractivity contribution < 1.29 is 4.52 Å². The molecular formula is C29H38N8O2. The minimum Gasteiger partial charge on any atom is -0.365 e. The molecule has 3 atom stereocenters. The quantitative estimate of drug-likeness (QED) is 0.279. The number of hydrogen-bond acceptors (Lipinski definition) is 8. The number of hydrogen-bond donors (Lipinski definition) is 2. The lowest BCUT2D eigenvalue weighted by molar-refractivity contribution is 0.285. The van der Waals surface area contributed by atoms with E-state index in [0.717, 1.165) is 29.5 Å². The first-order valence-electron chi connectivity index (χ1n) is 14.5. The van der Waals surface area contributed by atoms with Crippen LogP contribution >= 0.6 is 0 Å². The predicted octanol–water partition coefficient (Wildman–Crippen LogP) is 5.78. The zero-order valence-corrected chi connectivity index (χ0v) is 23.3. The molecule has 2 saturated carbocycles. The molecule has 0 aliphatic heterocycles. The summed E-state index contributed by atoms with van der Waals surface area (Å²) in [5.74, 6) is 3.66. The second-order valence-corrected chi connectivity index (χ2v) is 11.8. The summed E-state index contributed by atoms with van der Waals surface area (Å²) in [4.78, 5) is 33.8. The average Bonchev–Trinajstić information content (AvgIpc) is 3.62. The molecule has 3 unspecified atom stereocenters. The number of rotatable bonds is 9. The van der Waals surface area contributed by atoms with Crippen LogP contribution in [0.3, 0.4) is 0 Å². The van der Waals surface area contributed by atoms with Gasteiger partial charge in [-0.05, 0) is 74.0 Å². The molecule has 0 aromatic carbocycles. The molecule has 10 heteroatoms. The molecule has 10 nitrogen and oxygen atoms in total. The van der Waals surface area contributed by atoms with Gasteiger partial charge in [-0.25, -0.2) is 19.7 Å². The van der Waals surface area contributed by atoms with E-state index in [1.54, 1.807) is 0 Å². The highest BCUT2D eigenvalue weighted by atomic mass is 16.5. The molecular weight excluding hydrogens is 492 g/mol. The Kier molecular flexibility index (Phi) is 6.95. The van der Waals surface area contributed by atoms with Gasteiger partial charge in [0.15, 0.2) is 17.3 Å². The van der Waals surface area contributed by atoms with Crippen molar-refractivity contribution in [1.82, 2.24) is 34.6 Å². The Morgan fingerprint density at radius 1 is 1.13 bits per heavy atom. The largest absolute Gasteiger partial charge is 0.439 e. The standard InChI is InChI=1S/C29H38N8O2/c1-5-18-9-10-19(13-18)15-37-23-24(31-17(4)20-7-6-8-20)32-26(27-35-29(38)39-36-27)33-25(23)34-28(37)22-14-21(16(2)3)11-12-30-22/h11-12,14,16-20H,5-10,13,15H2,1-4H3,(H,31,32,33)(H,35,36,38). The Labute approximate surface area is 228 Å². The fourth-order valence-corrected chi connectivity index (χ4v) is 6.12. The van der Waals surface area contributed by atoms with Crippen LogP contribution in [-0.2, 0) is 6.54 Å². The van der Waals surface area contributed by atoms with Gasteiger partial charge in [-0.3, -0.25) is 14.5 Å². The molecule has 0 amide bonds. The van der Waals surface area contributed by atoms with Gasteiger partial charge in [0.2, 0.25) is 11.6 Å². The highest BCUT2D eigenvalue weighted by molar-refractivity contribution is 5.88. The first-order valence-corrected chi connectivity index (χ1v) is 14.5. The van der Waals surface area contributed by atoms with Crippen LogP contribution in [0.15, 0.2) is 27.6 Å². The lowest BCUT2D eigenvalue weighted by Crippen LogP contribution is -2.31. The lowest BCUT2D eigenvalue weighted by atomic mass is 9.80. The highest BCUT2D eigenvalue weighted by Crippen LogP contribution is 2.38. The summed E-state index contributed by atoms with van der Waals surface area (Å²) in [5.41, 5.74) is 3.49. The van der Waals surface area contributed by atoms with Crippen molar-refractivity contribution in [3.05, 3.63) is 34.4 Å². The number of H-pyrrole nitrogens is 1. The molecule has 2 fully saturated rings. The lowest BCUT2D eigenvalue weighted by Gasteiger charge is -2.32. The van der Waals surface area contributed by atoms with Crippen LogP contribution in [0.2, 0.25) is 0 Å². The number of aromatic nitrogens is 7. The van der Waals surface area contributed by atoms with E-state index in [1.165, 1.54) is 50.5 Å². The zero-order chi connectivity index (χ0) is 27.1. The highest BCUT2D eigenvalue weighted by Gasteiger charge is 2.30. The normalized spacial score (nSPS) is 20.5. The van der Waals surface area contributed by atoms with E-state index in [9.17, 15) is 4.79 Å². The summed E-state index contributed by atoms with van der Waals surface area (Å²) in [6, 6.07) is 4.45. The van der Waals surface area contributed by atoms with Crippen molar-refractivity contribution >= 4 is 17.0 Å². The first kappa shape index (κ1) is 25.7. The number of imidazole rings is 1. The van der Waals surface area contributed by atoms with Gasteiger partial charge in [-0.15, -0.1) is 0 Å². The van der Waals surface area contributed by atoms with Gasteiger partial charge in [0.05, 0.1) is 0 Å². The Morgan fingerprint density at radius 2 is 1.95 bits per heavy atom. The van der Waals surface area contributed by atoms with Gasteiger partial charge in [0.1, 0.15) is 11.2 Å². The van der Waals surface area contributed by atoms with Crippen molar-refractivity contribution in [3.8, 4) is 23.2 Å². The minimum absolute atomic E-state index is 0.193. The molecule has 0 saturated heterocycles. The summed E-state index contributed by atoms with van der Waals surface area (Å²) >= 11 is 0. The van der Waals surface area contributed by atoms with E-state index in [2.05, 4.69) is 59.9 Å². The second kappa shape index (κ2) is 10.5. The van der Waals surface area contributed by atoms with Crippen LogP contribution in [0.1, 0.15) is 84.1 Å². The summed E-state index contributed by atoms with van der Waals surface area (Å²) in [6.07, 6.45) is 10.5. The molecule has 2 N–H and O–H groups in total. The van der Waals surface area contributed by atoms with Gasteiger partial charge in [0, 0.05) is 18.8 Å². The van der Waals surface area contributed by atoms with Crippen LogP contribution in [0.5, 0.6) is 0 Å². The number of aromatic amines is 1. The van der Waals surface area contributed by atoms with Crippen LogP contribution < -0.4 is 11.1 Å². The molecule has 0 bridgehead atoms. The summed E-state index contributed by atoms with van der Waals surface area (Å²) < 4.78 is 7.05. The Hall–Kier alpha value is -3.56. The molecule has 4 aromatic heterocycles. The summed E-state index contributed by atoms with van der Waals surface area (Å²) in [7, 11) is 0. The van der Waals surface area contributed by atoms with E-state index in [-0.39, 0.29) is 17.7 Å². The third-order valence-corrected chi connectivity index (χ3v) is 8.82. The Balaban J connectivity index is 1.52. The van der Waals surface area contributed by atoms with Crippen molar-refractivity contribution in [2.45, 2.75) is 91.1 Å². The van der Waals surface area contributed by atoms with Crippen molar-refractivity contribution in [2.75, 3.05) is 5.32 Å². The van der Waals surface area contributed by atoms with Gasteiger partial charge in [-0.2, -0.15) is 0 Å². The third kappa shape index (κ3) is 5.08. The average molecular weight is 531 g/mol. The van der Waals surface area contributed by atoms with Crippen molar-refractivity contribution in [2.24, 2.45) is 17.8 Å². The van der Waals surface area contributed by atoms with Gasteiger partial charge in [-0.1, -0.05) is 45.2 Å². The maximum absolute atomic E-state index is 11.7. The fraction of sp³-hybridized carbons (Fsp3) is 0.586. The van der Waals surface area contributed by atoms with Crippen molar-refractivity contribution in [1.29, 1.82) is 0 Å². The van der Waals surface area contributed by atoms with Crippen LogP contribution in [-0.4, -0.2) is 40.7 Å². The molecule has 0 spiro atoms. The van der Waals surface area contributed by atoms with E-state index in [4.69, 9.17) is 24.5 Å². The summed E-state index contributed by atoms with van der Waals surface area (Å²) in [5, 5.41) is 7.55. The van der Waals surface area contributed by atoms with Crippen LogP contribution in [0.4, 0.5) is 5.82 Å². The van der Waals surface area contributed by atoms with Crippen LogP contribution in [0, 0.1) is 17.8 Å². The monoisotopic (exact) mass is 530 g/mol. The van der Waals surface area contributed by atoms with E-state index >= 15 is 0 Å². The second-order valence-electron chi connectivity index (χ2n) is 11.8. The van der Waals surface area contributed by atoms with E-state index in [1.807, 2.05) is 6.20 Å². The smallest absolute Gasteiger partial charge is 0.365 e. The molecule has 2 aliphatic carbocycles. The fourth-order valence-electron chi connectivity index (χ4n) is 6.12. The van der Waals surface area contributed by atoms with Gasteiger partial charge in [0.25, 0.3) is 0 Å². The third-order valence-electron chi connectivity index (χ3n) is 8.82. The maximum Gasteiger partial charge on any atom is 0.439 e. The number of nitrogens with zero attached hydrogens (tertiary/aromatic N) is 6. The molecule has 4 aromatic rings. The zero-order valence-electron chi connectivity index (χ0n) is 23.3. The Bertz CT molecular complexity index is 1520. The number of nitrogens with one attached hydrogen (secondary N) is 2. The molecule has 206 valence electrons. The Morgan fingerprint density at radius 3 is 2.62 bits per heavy atom. The van der Waals surface area contributed by atoms with E-state index < -0.39 is 5.76 Å². The molecule has 4 heterocycles.